The van der Waals surface area contributed by atoms with Crippen molar-refractivity contribution in [3.8, 4) is 0 Å². The van der Waals surface area contributed by atoms with Gasteiger partial charge < -0.3 is 16.9 Å². The van der Waals surface area contributed by atoms with Gasteiger partial charge in [0.2, 0.25) is 0 Å². The summed E-state index contributed by atoms with van der Waals surface area (Å²) < 4.78 is 1.39. The van der Waals surface area contributed by atoms with Crippen LogP contribution in [0.25, 0.3) is 0 Å². The lowest BCUT2D eigenvalue weighted by Crippen LogP contribution is -3.00. The van der Waals surface area contributed by atoms with Crippen molar-refractivity contribution in [1.29, 1.82) is 0 Å². The normalized spacial score (nSPS) is 11.9. The van der Waals surface area contributed by atoms with Crippen molar-refractivity contribution in [3.63, 3.8) is 0 Å². The first-order valence-electron chi connectivity index (χ1n) is 21.2. The van der Waals surface area contributed by atoms with E-state index in [1.165, 1.54) is 243 Å². The van der Waals surface area contributed by atoms with Crippen molar-refractivity contribution in [2.24, 2.45) is 0 Å². The highest BCUT2D eigenvalue weighted by atomic mass is 35.5. The van der Waals surface area contributed by atoms with E-state index in [0.29, 0.717) is 0 Å². The van der Waals surface area contributed by atoms with E-state index in [4.69, 9.17) is 0 Å². The minimum absolute atomic E-state index is 0. The Balaban J connectivity index is 0. The largest absolute Gasteiger partial charge is 1.00 e. The number of halogens is 1. The molecule has 45 heavy (non-hydrogen) atoms. The Bertz CT molecular complexity index is 503. The van der Waals surface area contributed by atoms with Gasteiger partial charge in [0.15, 0.2) is 0 Å². The second kappa shape index (κ2) is 40.2. The summed E-state index contributed by atoms with van der Waals surface area (Å²) in [5, 5.41) is 0. The molecular weight excluding hydrogens is 566 g/mol. The van der Waals surface area contributed by atoms with E-state index in [1.54, 1.807) is 0 Å². The van der Waals surface area contributed by atoms with E-state index in [9.17, 15) is 0 Å². The van der Waals surface area contributed by atoms with Crippen LogP contribution in [0.5, 0.6) is 0 Å². The van der Waals surface area contributed by atoms with Gasteiger partial charge in [0, 0.05) is 0 Å². The van der Waals surface area contributed by atoms with Gasteiger partial charge in [-0.05, 0) is 57.4 Å². The summed E-state index contributed by atoms with van der Waals surface area (Å²) in [7, 11) is 0. The molecule has 0 bridgehead atoms. The molecule has 0 N–H and O–H groups in total. The lowest BCUT2D eigenvalue weighted by Gasteiger charge is -2.39. The van der Waals surface area contributed by atoms with Gasteiger partial charge in [-0.2, -0.15) is 0 Å². The van der Waals surface area contributed by atoms with Crippen LogP contribution in [-0.4, -0.2) is 30.7 Å². The molecule has 0 atom stereocenters. The highest BCUT2D eigenvalue weighted by molar-refractivity contribution is 4.82. The number of unbranched alkanes of at least 4 members (excludes halogenated alkanes) is 29. The number of rotatable bonds is 38. The van der Waals surface area contributed by atoms with Crippen molar-refractivity contribution >= 4 is 0 Å². The van der Waals surface area contributed by atoms with E-state index in [2.05, 4.69) is 39.8 Å². The van der Waals surface area contributed by atoms with Gasteiger partial charge in [0.25, 0.3) is 0 Å². The molecule has 2 heteroatoms. The average molecular weight is 655 g/mol. The average Bonchev–Trinajstić information content (AvgIpc) is 3.03. The Morgan fingerprint density at radius 2 is 0.533 bits per heavy atom. The van der Waals surface area contributed by atoms with Crippen LogP contribution in [0.1, 0.15) is 240 Å². The smallest absolute Gasteiger partial charge is 0.0973 e. The third-order valence-corrected chi connectivity index (χ3v) is 10.3. The molecule has 0 saturated heterocycles. The zero-order valence-electron chi connectivity index (χ0n) is 32.1. The summed E-state index contributed by atoms with van der Waals surface area (Å²) in [4.78, 5) is 0. The van der Waals surface area contributed by atoms with Crippen LogP contribution in [-0.2, 0) is 0 Å². The van der Waals surface area contributed by atoms with E-state index < -0.39 is 0 Å². The Kier molecular flexibility index (Phi) is 42.0. The van der Waals surface area contributed by atoms with Gasteiger partial charge in [-0.25, -0.2) is 0 Å². The van der Waals surface area contributed by atoms with Gasteiger partial charge in [-0.1, -0.05) is 194 Å². The number of allylic oxidation sites excluding steroid dienone is 1. The van der Waals surface area contributed by atoms with E-state index in [-0.39, 0.29) is 12.4 Å². The molecule has 272 valence electrons. The maximum atomic E-state index is 2.63. The first-order valence-corrected chi connectivity index (χ1v) is 21.2. The first-order chi connectivity index (χ1) is 21.7. The van der Waals surface area contributed by atoms with Crippen LogP contribution in [0.3, 0.4) is 0 Å². The Morgan fingerprint density at radius 3 is 0.822 bits per heavy atom. The molecule has 0 unspecified atom stereocenters. The number of hydrogen-bond acceptors (Lipinski definition) is 0. The molecule has 0 saturated carbocycles. The number of quaternary nitrogens is 1. The second-order valence-electron chi connectivity index (χ2n) is 14.9. The lowest BCUT2D eigenvalue weighted by molar-refractivity contribution is -0.923. The summed E-state index contributed by atoms with van der Waals surface area (Å²) in [5.74, 6) is 0. The third-order valence-electron chi connectivity index (χ3n) is 10.3. The number of nitrogens with zero attached hydrogens (tertiary/aromatic N) is 1. The van der Waals surface area contributed by atoms with Gasteiger partial charge in [0.05, 0.1) is 26.2 Å². The quantitative estimate of drug-likeness (QED) is 0.0353. The summed E-state index contributed by atoms with van der Waals surface area (Å²) >= 11 is 0. The molecule has 0 fully saturated rings. The summed E-state index contributed by atoms with van der Waals surface area (Å²) in [5.41, 5.74) is 0. The second-order valence-corrected chi connectivity index (χ2v) is 14.9. The maximum Gasteiger partial charge on any atom is 0.0973 e. The topological polar surface area (TPSA) is 0 Å². The Labute approximate surface area is 294 Å². The minimum atomic E-state index is 0. The van der Waals surface area contributed by atoms with Crippen LogP contribution < -0.4 is 12.4 Å². The van der Waals surface area contributed by atoms with Crippen LogP contribution in [0.2, 0.25) is 0 Å². The van der Waals surface area contributed by atoms with Gasteiger partial charge in [-0.3, -0.25) is 0 Å². The van der Waals surface area contributed by atoms with Crippen LogP contribution in [0, 0.1) is 0 Å². The van der Waals surface area contributed by atoms with Crippen molar-refractivity contribution in [2.75, 3.05) is 26.2 Å². The molecule has 0 aliphatic heterocycles. The van der Waals surface area contributed by atoms with Crippen LogP contribution in [0.15, 0.2) is 12.2 Å². The SMILES string of the molecule is CCCCCCCCCCCCCCCCC=CC[N+](CCCCCCCC)(CCCCCCCC)CCCCCCCC.[Cl-]. The predicted molar refractivity (Wildman–Crippen MR) is 204 cm³/mol. The molecule has 1 nitrogen and oxygen atoms in total. The maximum absolute atomic E-state index is 2.63. The molecule has 0 rings (SSSR count). The van der Waals surface area contributed by atoms with Crippen molar-refractivity contribution in [1.82, 2.24) is 0 Å². The molecule has 0 aromatic carbocycles. The Morgan fingerprint density at radius 1 is 0.289 bits per heavy atom. The van der Waals surface area contributed by atoms with Crippen LogP contribution >= 0.6 is 0 Å². The van der Waals surface area contributed by atoms with Crippen molar-refractivity contribution in [3.05, 3.63) is 12.2 Å². The van der Waals surface area contributed by atoms with E-state index >= 15 is 0 Å². The molecule has 0 aliphatic rings. The van der Waals surface area contributed by atoms with E-state index in [0.717, 1.165) is 0 Å². The molecule has 0 heterocycles. The summed E-state index contributed by atoms with van der Waals surface area (Å²) in [6.07, 6.45) is 52.7. The molecule has 0 aliphatic carbocycles. The molecular formula is C43H88ClN. The number of hydrogen-bond donors (Lipinski definition) is 0. The third kappa shape index (κ3) is 35.1. The van der Waals surface area contributed by atoms with E-state index in [1.807, 2.05) is 0 Å². The fourth-order valence-electron chi connectivity index (χ4n) is 7.16. The molecule has 0 aromatic rings. The minimum Gasteiger partial charge on any atom is -1.00 e. The monoisotopic (exact) mass is 654 g/mol. The molecule has 0 spiro atoms. The fourth-order valence-corrected chi connectivity index (χ4v) is 7.16. The predicted octanol–water partition coefficient (Wildman–Crippen LogP) is 12.3. The Hall–Kier alpha value is -0.0100. The highest BCUT2D eigenvalue weighted by Crippen LogP contribution is 2.20. The van der Waals surface area contributed by atoms with Crippen molar-refractivity contribution in [2.45, 2.75) is 240 Å². The fraction of sp³-hybridized carbons (Fsp3) is 0.953. The van der Waals surface area contributed by atoms with Gasteiger partial charge in [0.1, 0.15) is 0 Å². The summed E-state index contributed by atoms with van der Waals surface area (Å²) in [6, 6.07) is 0. The van der Waals surface area contributed by atoms with Gasteiger partial charge >= 0.3 is 0 Å². The molecule has 0 amide bonds. The zero-order chi connectivity index (χ0) is 32.1. The highest BCUT2D eigenvalue weighted by Gasteiger charge is 2.24. The standard InChI is InChI=1S/C43H88N.ClH/c1-5-9-13-17-21-22-23-24-25-26-27-28-29-30-31-35-39-43-44(40-36-32-18-14-10-6-2,41-37-33-19-15-11-7-3)42-38-34-20-16-12-8-4;/h35,39H,5-34,36-38,40-43H2,1-4H3;1H/q+1;/p-1. The lowest BCUT2D eigenvalue weighted by atomic mass is 10.0. The first kappa shape index (κ1) is 47.1. The van der Waals surface area contributed by atoms with Gasteiger partial charge in [-0.15, -0.1) is 0 Å². The molecule has 0 aromatic heterocycles. The van der Waals surface area contributed by atoms with Crippen molar-refractivity contribution < 1.29 is 16.9 Å². The zero-order valence-corrected chi connectivity index (χ0v) is 32.9. The molecule has 0 radical (unpaired) electrons. The summed E-state index contributed by atoms with van der Waals surface area (Å²) in [6.45, 7) is 14.9. The van der Waals surface area contributed by atoms with Crippen LogP contribution in [0.4, 0.5) is 0 Å².